The van der Waals surface area contributed by atoms with Crippen LogP contribution in [0.4, 0.5) is 0 Å². The van der Waals surface area contributed by atoms with Crippen molar-refractivity contribution in [3.63, 3.8) is 0 Å². The zero-order valence-corrected chi connectivity index (χ0v) is 12.1. The van der Waals surface area contributed by atoms with Gasteiger partial charge in [-0.05, 0) is 25.0 Å². The molecule has 3 rings (SSSR count). The topological polar surface area (TPSA) is 45.8 Å². The van der Waals surface area contributed by atoms with E-state index in [-0.39, 0.29) is 0 Å². The van der Waals surface area contributed by atoms with Crippen LogP contribution in [0, 0.1) is 0 Å². The van der Waals surface area contributed by atoms with E-state index in [9.17, 15) is 4.79 Å². The predicted molar refractivity (Wildman–Crippen MR) is 77.9 cm³/mol. The van der Waals surface area contributed by atoms with Crippen LogP contribution in [0.5, 0.6) is 0 Å². The molecule has 1 aromatic heterocycles. The molecule has 3 nitrogen and oxygen atoms in total. The van der Waals surface area contributed by atoms with Crippen LogP contribution in [0.15, 0.2) is 34.9 Å². The Labute approximate surface area is 120 Å². The SMILES string of the molecule is O=C1CCC(c2ncc(-c3cccc(Br)c3)[nH]2)CC1. The van der Waals surface area contributed by atoms with Gasteiger partial charge in [0.25, 0.3) is 0 Å². The highest BCUT2D eigenvalue weighted by molar-refractivity contribution is 9.10. The number of carbonyl (C=O) groups excluding carboxylic acids is 1. The number of H-pyrrole nitrogens is 1. The fourth-order valence-corrected chi connectivity index (χ4v) is 2.96. The Hall–Kier alpha value is -1.42. The number of rotatable bonds is 2. The van der Waals surface area contributed by atoms with E-state index in [4.69, 9.17) is 0 Å². The van der Waals surface area contributed by atoms with Crippen molar-refractivity contribution >= 4 is 21.7 Å². The number of nitrogens with one attached hydrogen (secondary N) is 1. The second kappa shape index (κ2) is 5.29. The molecule has 4 heteroatoms. The van der Waals surface area contributed by atoms with Crippen LogP contribution < -0.4 is 0 Å². The van der Waals surface area contributed by atoms with E-state index < -0.39 is 0 Å². The van der Waals surface area contributed by atoms with Crippen LogP contribution >= 0.6 is 15.9 Å². The molecule has 1 aliphatic carbocycles. The minimum Gasteiger partial charge on any atom is -0.342 e. The number of benzene rings is 1. The summed E-state index contributed by atoms with van der Waals surface area (Å²) < 4.78 is 1.06. The molecular weight excluding hydrogens is 304 g/mol. The fourth-order valence-electron chi connectivity index (χ4n) is 2.56. The van der Waals surface area contributed by atoms with E-state index in [1.54, 1.807) is 0 Å². The van der Waals surface area contributed by atoms with Crippen molar-refractivity contribution in [1.29, 1.82) is 0 Å². The summed E-state index contributed by atoms with van der Waals surface area (Å²) in [5.74, 6) is 1.80. The summed E-state index contributed by atoms with van der Waals surface area (Å²) in [5.41, 5.74) is 2.16. The lowest BCUT2D eigenvalue weighted by Gasteiger charge is -2.18. The first kappa shape index (κ1) is 12.6. The summed E-state index contributed by atoms with van der Waals surface area (Å²) in [6.07, 6.45) is 5.11. The molecule has 98 valence electrons. The van der Waals surface area contributed by atoms with Crippen LogP contribution in [0.1, 0.15) is 37.4 Å². The number of ketones is 1. The van der Waals surface area contributed by atoms with Gasteiger partial charge in [-0.25, -0.2) is 4.98 Å². The third-order valence-corrected chi connectivity index (χ3v) is 4.15. The molecule has 0 atom stereocenters. The van der Waals surface area contributed by atoms with E-state index in [0.717, 1.165) is 34.4 Å². The van der Waals surface area contributed by atoms with Crippen molar-refractivity contribution in [1.82, 2.24) is 9.97 Å². The largest absolute Gasteiger partial charge is 0.342 e. The predicted octanol–water partition coefficient (Wildman–Crippen LogP) is 4.07. The lowest BCUT2D eigenvalue weighted by molar-refractivity contribution is -0.120. The maximum atomic E-state index is 11.3. The molecule has 1 fully saturated rings. The van der Waals surface area contributed by atoms with E-state index in [0.29, 0.717) is 24.5 Å². The van der Waals surface area contributed by atoms with Gasteiger partial charge in [-0.1, -0.05) is 28.1 Å². The van der Waals surface area contributed by atoms with Gasteiger partial charge in [0, 0.05) is 28.8 Å². The lowest BCUT2D eigenvalue weighted by atomic mass is 9.88. The van der Waals surface area contributed by atoms with E-state index in [2.05, 4.69) is 38.0 Å². The van der Waals surface area contributed by atoms with Gasteiger partial charge in [0.1, 0.15) is 11.6 Å². The molecule has 0 saturated heterocycles. The molecule has 0 bridgehead atoms. The zero-order valence-electron chi connectivity index (χ0n) is 10.5. The number of hydrogen-bond acceptors (Lipinski definition) is 2. The first-order valence-electron chi connectivity index (χ1n) is 6.55. The minimum atomic E-state index is 0.384. The Kier molecular flexibility index (Phi) is 3.51. The molecule has 0 amide bonds. The Morgan fingerprint density at radius 2 is 2.05 bits per heavy atom. The molecule has 1 aliphatic rings. The Morgan fingerprint density at radius 3 is 2.79 bits per heavy atom. The Bertz CT molecular complexity index is 596. The molecule has 1 heterocycles. The van der Waals surface area contributed by atoms with Crippen LogP contribution in [0.25, 0.3) is 11.3 Å². The second-order valence-electron chi connectivity index (χ2n) is 5.01. The van der Waals surface area contributed by atoms with Crippen molar-refractivity contribution in [2.45, 2.75) is 31.6 Å². The monoisotopic (exact) mass is 318 g/mol. The van der Waals surface area contributed by atoms with E-state index in [1.807, 2.05) is 18.3 Å². The first-order chi connectivity index (χ1) is 9.22. The summed E-state index contributed by atoms with van der Waals surface area (Å²) in [6.45, 7) is 0. The normalized spacial score (nSPS) is 16.8. The maximum absolute atomic E-state index is 11.3. The Balaban J connectivity index is 1.81. The van der Waals surface area contributed by atoms with Crippen molar-refractivity contribution < 1.29 is 4.79 Å². The number of Topliss-reactive ketones (excluding diaryl/α,β-unsaturated/α-hetero) is 1. The number of aromatic nitrogens is 2. The summed E-state index contributed by atoms with van der Waals surface area (Å²) in [5, 5.41) is 0. The van der Waals surface area contributed by atoms with E-state index in [1.165, 1.54) is 0 Å². The molecule has 1 saturated carbocycles. The fraction of sp³-hybridized carbons (Fsp3) is 0.333. The van der Waals surface area contributed by atoms with E-state index >= 15 is 0 Å². The lowest BCUT2D eigenvalue weighted by Crippen LogP contribution is -2.13. The van der Waals surface area contributed by atoms with Crippen LogP contribution in [0.2, 0.25) is 0 Å². The van der Waals surface area contributed by atoms with Gasteiger partial charge in [-0.2, -0.15) is 0 Å². The van der Waals surface area contributed by atoms with Gasteiger partial charge in [-0.3, -0.25) is 4.79 Å². The van der Waals surface area contributed by atoms with Gasteiger partial charge >= 0.3 is 0 Å². The molecule has 0 aliphatic heterocycles. The Morgan fingerprint density at radius 1 is 1.26 bits per heavy atom. The van der Waals surface area contributed by atoms with Crippen molar-refractivity contribution in [3.05, 3.63) is 40.8 Å². The molecule has 0 spiro atoms. The second-order valence-corrected chi connectivity index (χ2v) is 5.92. The molecule has 1 N–H and O–H groups in total. The van der Waals surface area contributed by atoms with Crippen molar-refractivity contribution in [2.75, 3.05) is 0 Å². The third kappa shape index (κ3) is 2.78. The van der Waals surface area contributed by atoms with Crippen LogP contribution in [-0.4, -0.2) is 15.8 Å². The minimum absolute atomic E-state index is 0.384. The number of imidazole rings is 1. The zero-order chi connectivity index (χ0) is 13.2. The third-order valence-electron chi connectivity index (χ3n) is 3.66. The summed E-state index contributed by atoms with van der Waals surface area (Å²) in [4.78, 5) is 19.2. The molecule has 1 aromatic carbocycles. The maximum Gasteiger partial charge on any atom is 0.132 e. The van der Waals surface area contributed by atoms with Gasteiger partial charge in [0.15, 0.2) is 0 Å². The van der Waals surface area contributed by atoms with Gasteiger partial charge in [0.05, 0.1) is 11.9 Å². The number of hydrogen-bond donors (Lipinski definition) is 1. The highest BCUT2D eigenvalue weighted by Gasteiger charge is 2.22. The summed E-state index contributed by atoms with van der Waals surface area (Å²) in [6, 6.07) is 8.15. The molecule has 0 unspecified atom stereocenters. The highest BCUT2D eigenvalue weighted by Crippen LogP contribution is 2.31. The van der Waals surface area contributed by atoms with Gasteiger partial charge in [-0.15, -0.1) is 0 Å². The highest BCUT2D eigenvalue weighted by atomic mass is 79.9. The van der Waals surface area contributed by atoms with Gasteiger partial charge < -0.3 is 4.98 Å². The first-order valence-corrected chi connectivity index (χ1v) is 7.34. The number of aromatic amines is 1. The summed E-state index contributed by atoms with van der Waals surface area (Å²) in [7, 11) is 0. The quantitative estimate of drug-likeness (QED) is 0.907. The number of nitrogens with zero attached hydrogens (tertiary/aromatic N) is 1. The van der Waals surface area contributed by atoms with Crippen molar-refractivity contribution in [3.8, 4) is 11.3 Å². The molecule has 0 radical (unpaired) electrons. The number of carbonyl (C=O) groups is 1. The van der Waals surface area contributed by atoms with Crippen LogP contribution in [0.3, 0.4) is 0 Å². The smallest absolute Gasteiger partial charge is 0.132 e. The summed E-state index contributed by atoms with van der Waals surface area (Å²) >= 11 is 3.48. The van der Waals surface area contributed by atoms with Crippen LogP contribution in [-0.2, 0) is 4.79 Å². The molecule has 19 heavy (non-hydrogen) atoms. The number of halogens is 1. The van der Waals surface area contributed by atoms with Gasteiger partial charge in [0.2, 0.25) is 0 Å². The molecular formula is C15H15BrN2O. The average Bonchev–Trinajstić information content (AvgIpc) is 2.89. The average molecular weight is 319 g/mol. The van der Waals surface area contributed by atoms with Crippen molar-refractivity contribution in [2.24, 2.45) is 0 Å². The standard InChI is InChI=1S/C15H15BrN2O/c16-12-3-1-2-11(8-12)14-9-17-15(18-14)10-4-6-13(19)7-5-10/h1-3,8-10H,4-7H2,(H,17,18). The molecule has 2 aromatic rings.